The topological polar surface area (TPSA) is 81.6 Å². The number of phenols is 2. The smallest absolute Gasteiger partial charge is 0.323 e. The van der Waals surface area contributed by atoms with E-state index in [0.29, 0.717) is 11.4 Å². The van der Waals surface area contributed by atoms with Crippen molar-refractivity contribution in [1.82, 2.24) is 0 Å². The van der Waals surface area contributed by atoms with Gasteiger partial charge in [0.05, 0.1) is 0 Å². The molecule has 2 rings (SSSR count). The molecule has 0 spiro atoms. The summed E-state index contributed by atoms with van der Waals surface area (Å²) in [4.78, 5) is 11.7. The molecule has 2 aromatic rings. The summed E-state index contributed by atoms with van der Waals surface area (Å²) in [5.41, 5.74) is 0.928. The quantitative estimate of drug-likeness (QED) is 0.683. The van der Waals surface area contributed by atoms with Crippen LogP contribution >= 0.6 is 15.9 Å². The highest BCUT2D eigenvalue weighted by Crippen LogP contribution is 2.24. The van der Waals surface area contributed by atoms with E-state index in [2.05, 4.69) is 26.6 Å². The zero-order chi connectivity index (χ0) is 13.8. The Bertz CT molecular complexity index is 579. The Balaban J connectivity index is 2.03. The third-order valence-electron chi connectivity index (χ3n) is 2.26. The molecule has 98 valence electrons. The highest BCUT2D eigenvalue weighted by Gasteiger charge is 2.05. The van der Waals surface area contributed by atoms with Gasteiger partial charge in [-0.25, -0.2) is 4.79 Å². The van der Waals surface area contributed by atoms with Gasteiger partial charge in [-0.1, -0.05) is 15.9 Å². The van der Waals surface area contributed by atoms with E-state index < -0.39 is 6.03 Å². The Labute approximate surface area is 118 Å². The second kappa shape index (κ2) is 5.62. The van der Waals surface area contributed by atoms with Gasteiger partial charge in [-0.15, -0.1) is 0 Å². The molecule has 0 unspecified atom stereocenters. The first-order valence-electron chi connectivity index (χ1n) is 5.39. The first-order valence-corrected chi connectivity index (χ1v) is 6.19. The fraction of sp³-hybridized carbons (Fsp3) is 0. The van der Waals surface area contributed by atoms with E-state index in [-0.39, 0.29) is 11.5 Å². The predicted molar refractivity (Wildman–Crippen MR) is 76.6 cm³/mol. The van der Waals surface area contributed by atoms with Crippen LogP contribution in [0.15, 0.2) is 46.9 Å². The summed E-state index contributed by atoms with van der Waals surface area (Å²) >= 11 is 3.30. The van der Waals surface area contributed by atoms with Crippen LogP contribution in [-0.4, -0.2) is 16.2 Å². The number of hydrogen-bond acceptors (Lipinski definition) is 3. The van der Waals surface area contributed by atoms with Crippen molar-refractivity contribution in [3.05, 3.63) is 46.9 Å². The van der Waals surface area contributed by atoms with Gasteiger partial charge < -0.3 is 20.8 Å². The van der Waals surface area contributed by atoms with E-state index in [4.69, 9.17) is 0 Å². The lowest BCUT2D eigenvalue weighted by molar-refractivity contribution is 0.262. The second-order valence-corrected chi connectivity index (χ2v) is 4.74. The lowest BCUT2D eigenvalue weighted by atomic mass is 10.3. The van der Waals surface area contributed by atoms with Crippen LogP contribution in [0.1, 0.15) is 0 Å². The summed E-state index contributed by atoms with van der Waals surface area (Å²) in [6.45, 7) is 0. The van der Waals surface area contributed by atoms with Crippen LogP contribution in [0.2, 0.25) is 0 Å². The van der Waals surface area contributed by atoms with Crippen molar-refractivity contribution in [3.63, 3.8) is 0 Å². The fourth-order valence-electron chi connectivity index (χ4n) is 1.49. The van der Waals surface area contributed by atoms with Gasteiger partial charge in [-0.3, -0.25) is 0 Å². The zero-order valence-corrected chi connectivity index (χ0v) is 11.3. The fourth-order valence-corrected chi connectivity index (χ4v) is 1.76. The van der Waals surface area contributed by atoms with Gasteiger partial charge in [0.2, 0.25) is 0 Å². The molecule has 0 saturated heterocycles. The summed E-state index contributed by atoms with van der Waals surface area (Å²) in [5.74, 6) is -0.252. The highest BCUT2D eigenvalue weighted by molar-refractivity contribution is 9.10. The van der Waals surface area contributed by atoms with Crippen LogP contribution in [0.25, 0.3) is 0 Å². The number of aromatic hydroxyl groups is 2. The van der Waals surface area contributed by atoms with Gasteiger partial charge >= 0.3 is 6.03 Å². The minimum atomic E-state index is -0.465. The van der Waals surface area contributed by atoms with Crippen LogP contribution in [0.3, 0.4) is 0 Å². The molecule has 0 aliphatic rings. The molecule has 2 aromatic carbocycles. The summed E-state index contributed by atoms with van der Waals surface area (Å²) in [7, 11) is 0. The van der Waals surface area contributed by atoms with E-state index in [1.54, 1.807) is 24.3 Å². The Morgan fingerprint density at radius 2 is 1.42 bits per heavy atom. The van der Waals surface area contributed by atoms with E-state index in [1.165, 1.54) is 18.2 Å². The number of hydrogen-bond donors (Lipinski definition) is 4. The molecule has 5 nitrogen and oxygen atoms in total. The molecular weight excluding hydrogens is 312 g/mol. The van der Waals surface area contributed by atoms with Crippen molar-refractivity contribution in [2.75, 3.05) is 10.6 Å². The van der Waals surface area contributed by atoms with Crippen molar-refractivity contribution >= 4 is 33.3 Å². The van der Waals surface area contributed by atoms with Gasteiger partial charge in [-0.05, 0) is 24.3 Å². The molecule has 0 aliphatic heterocycles. The summed E-state index contributed by atoms with van der Waals surface area (Å²) in [5, 5.41) is 23.7. The van der Waals surface area contributed by atoms with Gasteiger partial charge in [-0.2, -0.15) is 0 Å². The van der Waals surface area contributed by atoms with Crippen molar-refractivity contribution in [3.8, 4) is 11.5 Å². The summed E-state index contributed by atoms with van der Waals surface area (Å²) in [6.07, 6.45) is 0. The molecule has 0 aliphatic carbocycles. The van der Waals surface area contributed by atoms with Crippen LogP contribution < -0.4 is 10.6 Å². The Hall–Kier alpha value is -2.21. The number of rotatable bonds is 2. The Morgan fingerprint density at radius 3 is 2.00 bits per heavy atom. The number of benzene rings is 2. The number of phenolic OH excluding ortho intramolecular Hbond substituents is 2. The summed E-state index contributed by atoms with van der Waals surface area (Å²) < 4.78 is 0.913. The number of anilines is 2. The molecule has 4 N–H and O–H groups in total. The largest absolute Gasteiger partial charge is 0.508 e. The first-order chi connectivity index (χ1) is 9.02. The van der Waals surface area contributed by atoms with E-state index in [0.717, 1.165) is 4.47 Å². The molecule has 0 atom stereocenters. The lowest BCUT2D eigenvalue weighted by Gasteiger charge is -2.08. The second-order valence-electron chi connectivity index (χ2n) is 3.82. The standard InChI is InChI=1S/C13H11BrN2O3/c14-8-1-3-9(4-2-8)15-13(19)16-10-5-11(17)7-12(18)6-10/h1-7,17-18H,(H2,15,16,19). The number of amides is 2. The normalized spacial score (nSPS) is 9.95. The van der Waals surface area contributed by atoms with Gasteiger partial charge in [0.25, 0.3) is 0 Å². The average molecular weight is 323 g/mol. The highest BCUT2D eigenvalue weighted by atomic mass is 79.9. The third-order valence-corrected chi connectivity index (χ3v) is 2.79. The van der Waals surface area contributed by atoms with E-state index in [9.17, 15) is 15.0 Å². The van der Waals surface area contributed by atoms with Crippen molar-refractivity contribution < 1.29 is 15.0 Å². The maximum absolute atomic E-state index is 11.7. The third kappa shape index (κ3) is 3.89. The minimum absolute atomic E-state index is 0.126. The lowest BCUT2D eigenvalue weighted by Crippen LogP contribution is -2.19. The maximum Gasteiger partial charge on any atom is 0.323 e. The maximum atomic E-state index is 11.7. The first kappa shape index (κ1) is 13.2. The molecule has 19 heavy (non-hydrogen) atoms. The molecule has 2 amide bonds. The number of carbonyl (C=O) groups is 1. The van der Waals surface area contributed by atoms with Gasteiger partial charge in [0.15, 0.2) is 0 Å². The van der Waals surface area contributed by atoms with Gasteiger partial charge in [0.1, 0.15) is 11.5 Å². The van der Waals surface area contributed by atoms with Gasteiger partial charge in [0, 0.05) is 34.0 Å². The molecule has 0 bridgehead atoms. The van der Waals surface area contributed by atoms with Crippen LogP contribution in [-0.2, 0) is 0 Å². The van der Waals surface area contributed by atoms with Crippen LogP contribution in [0.4, 0.5) is 16.2 Å². The minimum Gasteiger partial charge on any atom is -0.508 e. The molecular formula is C13H11BrN2O3. The molecule has 0 radical (unpaired) electrons. The van der Waals surface area contributed by atoms with E-state index in [1.807, 2.05) is 0 Å². The SMILES string of the molecule is O=C(Nc1ccc(Br)cc1)Nc1cc(O)cc(O)c1. The predicted octanol–water partition coefficient (Wildman–Crippen LogP) is 3.50. The van der Waals surface area contributed by atoms with Crippen LogP contribution in [0, 0.1) is 0 Å². The average Bonchev–Trinajstić information content (AvgIpc) is 2.30. The number of halogens is 1. The van der Waals surface area contributed by atoms with E-state index >= 15 is 0 Å². The zero-order valence-electron chi connectivity index (χ0n) is 9.72. The Morgan fingerprint density at radius 1 is 0.895 bits per heavy atom. The number of urea groups is 1. The molecule has 6 heteroatoms. The molecule has 0 saturated carbocycles. The van der Waals surface area contributed by atoms with Crippen LogP contribution in [0.5, 0.6) is 11.5 Å². The van der Waals surface area contributed by atoms with Crippen molar-refractivity contribution in [1.29, 1.82) is 0 Å². The number of carbonyl (C=O) groups excluding carboxylic acids is 1. The monoisotopic (exact) mass is 322 g/mol. The van der Waals surface area contributed by atoms with Crippen molar-refractivity contribution in [2.45, 2.75) is 0 Å². The molecule has 0 heterocycles. The molecule has 0 aromatic heterocycles. The molecule has 0 fully saturated rings. The van der Waals surface area contributed by atoms with Crippen molar-refractivity contribution in [2.24, 2.45) is 0 Å². The number of nitrogens with one attached hydrogen (secondary N) is 2. The summed E-state index contributed by atoms with van der Waals surface area (Å²) in [6, 6.07) is 10.5. The Kier molecular flexibility index (Phi) is 3.91.